The average Bonchev–Trinajstić information content (AvgIpc) is 2.12. The molecule has 1 aromatic carbocycles. The van der Waals surface area contributed by atoms with E-state index in [0.717, 1.165) is 11.1 Å². The van der Waals surface area contributed by atoms with Gasteiger partial charge >= 0.3 is 5.97 Å². The van der Waals surface area contributed by atoms with E-state index in [4.69, 9.17) is 16.7 Å². The van der Waals surface area contributed by atoms with Gasteiger partial charge in [0.15, 0.2) is 0 Å². The van der Waals surface area contributed by atoms with Crippen LogP contribution in [0.25, 0.3) is 0 Å². The number of benzene rings is 1. The van der Waals surface area contributed by atoms with Crippen molar-refractivity contribution in [3.8, 4) is 0 Å². The molecule has 76 valence electrons. The molecule has 0 bridgehead atoms. The van der Waals surface area contributed by atoms with Crippen molar-refractivity contribution < 1.29 is 9.90 Å². The molecule has 0 spiro atoms. The highest BCUT2D eigenvalue weighted by Crippen LogP contribution is 2.21. The molecular weight excluding hydrogens is 267 g/mol. The van der Waals surface area contributed by atoms with Crippen LogP contribution >= 0.6 is 27.5 Å². The van der Waals surface area contributed by atoms with Crippen molar-refractivity contribution >= 4 is 33.5 Å². The molecule has 1 rings (SSSR count). The van der Waals surface area contributed by atoms with Crippen LogP contribution in [0.3, 0.4) is 0 Å². The summed E-state index contributed by atoms with van der Waals surface area (Å²) in [7, 11) is 0. The lowest BCUT2D eigenvalue weighted by Crippen LogP contribution is -2.15. The van der Waals surface area contributed by atoms with E-state index in [1.54, 1.807) is 6.07 Å². The van der Waals surface area contributed by atoms with Crippen molar-refractivity contribution in [1.29, 1.82) is 0 Å². The predicted molar refractivity (Wildman–Crippen MR) is 60.2 cm³/mol. The number of alkyl halides is 1. The largest absolute Gasteiger partial charge is 0.480 e. The third kappa shape index (κ3) is 2.72. The molecule has 0 aliphatic rings. The van der Waals surface area contributed by atoms with E-state index in [1.807, 2.05) is 19.1 Å². The second-order valence-electron chi connectivity index (χ2n) is 3.03. The van der Waals surface area contributed by atoms with Gasteiger partial charge in [-0.05, 0) is 30.5 Å². The number of carboxylic acid groups (broad SMARTS) is 1. The number of hydrogen-bond donors (Lipinski definition) is 1. The molecule has 0 fully saturated rings. The molecule has 14 heavy (non-hydrogen) atoms. The molecule has 0 amide bonds. The summed E-state index contributed by atoms with van der Waals surface area (Å²) in [6, 6.07) is 5.51. The Kier molecular flexibility index (Phi) is 3.96. The first-order valence-electron chi connectivity index (χ1n) is 4.13. The van der Waals surface area contributed by atoms with Crippen molar-refractivity contribution in [1.82, 2.24) is 0 Å². The molecule has 0 saturated carbocycles. The first-order valence-corrected chi connectivity index (χ1v) is 5.42. The van der Waals surface area contributed by atoms with E-state index in [-0.39, 0.29) is 0 Å². The smallest absolute Gasteiger partial charge is 0.317 e. The predicted octanol–water partition coefficient (Wildman–Crippen LogP) is 3.04. The van der Waals surface area contributed by atoms with Gasteiger partial charge in [0.2, 0.25) is 0 Å². The monoisotopic (exact) mass is 276 g/mol. The SMILES string of the molecule is Cc1c(Cl)cccc1C[C@@H](Br)C(=O)O. The van der Waals surface area contributed by atoms with Gasteiger partial charge in [0.25, 0.3) is 0 Å². The van der Waals surface area contributed by atoms with Crippen LogP contribution < -0.4 is 0 Å². The van der Waals surface area contributed by atoms with E-state index in [0.29, 0.717) is 11.4 Å². The molecule has 0 heterocycles. The highest BCUT2D eigenvalue weighted by Gasteiger charge is 2.15. The average molecular weight is 278 g/mol. The number of carboxylic acids is 1. The van der Waals surface area contributed by atoms with Gasteiger partial charge in [-0.15, -0.1) is 0 Å². The lowest BCUT2D eigenvalue weighted by Gasteiger charge is -2.08. The zero-order chi connectivity index (χ0) is 10.7. The second-order valence-corrected chi connectivity index (χ2v) is 4.55. The van der Waals surface area contributed by atoms with Crippen LogP contribution in [0.1, 0.15) is 11.1 Å². The van der Waals surface area contributed by atoms with E-state index in [2.05, 4.69) is 15.9 Å². The minimum absolute atomic E-state index is 0.446. The number of rotatable bonds is 3. The third-order valence-electron chi connectivity index (χ3n) is 2.05. The molecule has 1 N–H and O–H groups in total. The summed E-state index contributed by atoms with van der Waals surface area (Å²) in [4.78, 5) is 10.1. The minimum Gasteiger partial charge on any atom is -0.480 e. The molecule has 1 atom stereocenters. The van der Waals surface area contributed by atoms with E-state index >= 15 is 0 Å². The lowest BCUT2D eigenvalue weighted by atomic mass is 10.0. The molecule has 0 aliphatic heterocycles. The van der Waals surface area contributed by atoms with Crippen LogP contribution in [-0.2, 0) is 11.2 Å². The van der Waals surface area contributed by atoms with Gasteiger partial charge in [0.1, 0.15) is 4.83 Å². The number of carbonyl (C=O) groups is 1. The molecule has 0 saturated heterocycles. The highest BCUT2D eigenvalue weighted by atomic mass is 79.9. The standard InChI is InChI=1S/C10H10BrClO2/c1-6-7(3-2-4-9(6)12)5-8(11)10(13)14/h2-4,8H,5H2,1H3,(H,13,14)/t8-/m1/s1. The Bertz CT molecular complexity index is 352. The fraction of sp³-hybridized carbons (Fsp3) is 0.300. The maximum atomic E-state index is 10.6. The number of aliphatic carboxylic acids is 1. The lowest BCUT2D eigenvalue weighted by molar-refractivity contribution is -0.136. The van der Waals surface area contributed by atoms with Gasteiger partial charge < -0.3 is 5.11 Å². The van der Waals surface area contributed by atoms with Gasteiger partial charge in [-0.3, -0.25) is 4.79 Å². The van der Waals surface area contributed by atoms with Crippen molar-refractivity contribution in [2.45, 2.75) is 18.2 Å². The quantitative estimate of drug-likeness (QED) is 0.862. The number of hydrogen-bond acceptors (Lipinski definition) is 1. The van der Waals surface area contributed by atoms with Crippen LogP contribution in [0.2, 0.25) is 5.02 Å². The second kappa shape index (κ2) is 4.80. The molecule has 0 aliphatic carbocycles. The maximum Gasteiger partial charge on any atom is 0.317 e. The Labute approximate surface area is 96.0 Å². The van der Waals surface area contributed by atoms with Crippen molar-refractivity contribution in [3.63, 3.8) is 0 Å². The zero-order valence-electron chi connectivity index (χ0n) is 7.63. The van der Waals surface area contributed by atoms with Gasteiger partial charge in [-0.25, -0.2) is 0 Å². The fourth-order valence-electron chi connectivity index (χ4n) is 1.15. The summed E-state index contributed by atoms with van der Waals surface area (Å²) in [6.07, 6.45) is 0.446. The highest BCUT2D eigenvalue weighted by molar-refractivity contribution is 9.10. The first-order chi connectivity index (χ1) is 6.52. The van der Waals surface area contributed by atoms with Crippen LogP contribution in [0.5, 0.6) is 0 Å². The number of halogens is 2. The Morgan fingerprint density at radius 1 is 1.64 bits per heavy atom. The van der Waals surface area contributed by atoms with E-state index in [9.17, 15) is 4.79 Å². The van der Waals surface area contributed by atoms with Crippen LogP contribution in [0.4, 0.5) is 0 Å². The van der Waals surface area contributed by atoms with Crippen LogP contribution in [0.15, 0.2) is 18.2 Å². The van der Waals surface area contributed by atoms with Gasteiger partial charge in [-0.1, -0.05) is 39.7 Å². The third-order valence-corrected chi connectivity index (χ3v) is 3.17. The molecule has 2 nitrogen and oxygen atoms in total. The molecular formula is C10H10BrClO2. The van der Waals surface area contributed by atoms with Gasteiger partial charge in [0, 0.05) is 5.02 Å². The van der Waals surface area contributed by atoms with Crippen molar-refractivity contribution in [2.24, 2.45) is 0 Å². The zero-order valence-corrected chi connectivity index (χ0v) is 9.97. The summed E-state index contributed by atoms with van der Waals surface area (Å²) in [6.45, 7) is 1.89. The fourth-order valence-corrected chi connectivity index (χ4v) is 1.70. The van der Waals surface area contributed by atoms with Gasteiger partial charge in [0.05, 0.1) is 0 Å². The van der Waals surface area contributed by atoms with Crippen molar-refractivity contribution in [3.05, 3.63) is 34.3 Å². The Hall–Kier alpha value is -0.540. The molecule has 4 heteroatoms. The molecule has 0 unspecified atom stereocenters. The van der Waals surface area contributed by atoms with E-state index < -0.39 is 10.8 Å². The van der Waals surface area contributed by atoms with Crippen LogP contribution in [-0.4, -0.2) is 15.9 Å². The Balaban J connectivity index is 2.87. The van der Waals surface area contributed by atoms with Crippen LogP contribution in [0, 0.1) is 6.92 Å². The first kappa shape index (κ1) is 11.5. The molecule has 1 aromatic rings. The normalized spacial score (nSPS) is 12.5. The minimum atomic E-state index is -0.857. The van der Waals surface area contributed by atoms with Gasteiger partial charge in [-0.2, -0.15) is 0 Å². The summed E-state index contributed by atoms with van der Waals surface area (Å²) in [5, 5.41) is 9.40. The summed E-state index contributed by atoms with van der Waals surface area (Å²) in [5.74, 6) is -0.857. The summed E-state index contributed by atoms with van der Waals surface area (Å²) >= 11 is 9.01. The van der Waals surface area contributed by atoms with E-state index in [1.165, 1.54) is 0 Å². The van der Waals surface area contributed by atoms with Crippen molar-refractivity contribution in [2.75, 3.05) is 0 Å². The Morgan fingerprint density at radius 2 is 2.29 bits per heavy atom. The summed E-state index contributed by atoms with van der Waals surface area (Å²) < 4.78 is 0. The maximum absolute atomic E-state index is 10.6. The topological polar surface area (TPSA) is 37.3 Å². The summed E-state index contributed by atoms with van der Waals surface area (Å²) in [5.41, 5.74) is 1.90. The Morgan fingerprint density at radius 3 is 2.86 bits per heavy atom. The molecule has 0 radical (unpaired) electrons. The molecule has 0 aromatic heterocycles.